The molecular weight excluding hydrogens is 380 g/mol. The van der Waals surface area contributed by atoms with Crippen molar-refractivity contribution in [3.05, 3.63) is 24.3 Å². The molecule has 0 unspecified atom stereocenters. The summed E-state index contributed by atoms with van der Waals surface area (Å²) < 4.78 is 37.9. The number of ether oxygens (including phenoxy) is 2. The van der Waals surface area contributed by atoms with E-state index in [0.29, 0.717) is 46.0 Å². The van der Waals surface area contributed by atoms with E-state index < -0.39 is 5.92 Å². The average molecular weight is 408 g/mol. The number of hydrogen-bond donors (Lipinski definition) is 1. The molecule has 3 heterocycles. The Morgan fingerprint density at radius 1 is 1.21 bits per heavy atom. The summed E-state index contributed by atoms with van der Waals surface area (Å²) in [7, 11) is 0. The van der Waals surface area contributed by atoms with Crippen LogP contribution in [0.1, 0.15) is 19.3 Å². The molecule has 2 aromatic rings. The number of morpholine rings is 1. The van der Waals surface area contributed by atoms with Crippen molar-refractivity contribution in [2.24, 2.45) is 0 Å². The number of nitrogens with zero attached hydrogens (tertiary/aromatic N) is 2. The smallest absolute Gasteiger partial charge is 0.307 e. The minimum absolute atomic E-state index is 0.0484. The van der Waals surface area contributed by atoms with E-state index in [9.17, 15) is 13.6 Å². The number of quaternary nitrogens is 1. The minimum Gasteiger partial charge on any atom is -0.494 e. The Hall–Kier alpha value is -2.03. The number of rotatable bonds is 7. The van der Waals surface area contributed by atoms with Crippen molar-refractivity contribution in [2.75, 3.05) is 52.5 Å². The van der Waals surface area contributed by atoms with E-state index in [1.165, 1.54) is 0 Å². The van der Waals surface area contributed by atoms with E-state index in [1.54, 1.807) is 0 Å². The zero-order valence-electron chi connectivity index (χ0n) is 16.5. The molecule has 0 saturated carbocycles. The van der Waals surface area contributed by atoms with E-state index >= 15 is 0 Å². The van der Waals surface area contributed by atoms with Gasteiger partial charge in [0.1, 0.15) is 18.8 Å². The molecule has 0 spiro atoms. The van der Waals surface area contributed by atoms with Gasteiger partial charge in [0.25, 0.3) is 5.92 Å². The molecule has 2 saturated heterocycles. The lowest BCUT2D eigenvalue weighted by Crippen LogP contribution is -2.55. The van der Waals surface area contributed by atoms with E-state index in [1.807, 2.05) is 24.3 Å². The van der Waals surface area contributed by atoms with Gasteiger partial charge in [-0.3, -0.25) is 0 Å². The van der Waals surface area contributed by atoms with Crippen LogP contribution in [0.4, 0.5) is 14.6 Å². The number of aromatic amines is 1. The molecule has 4 rings (SSSR count). The Balaban J connectivity index is 1.33. The quantitative estimate of drug-likeness (QED) is 0.434. The van der Waals surface area contributed by atoms with Crippen LogP contribution < -0.4 is 9.22 Å². The van der Waals surface area contributed by atoms with Crippen LogP contribution in [0.2, 0.25) is 0 Å². The molecule has 1 aromatic carbocycles. The highest BCUT2D eigenvalue weighted by atomic mass is 19.3. The van der Waals surface area contributed by atoms with Gasteiger partial charge < -0.3 is 19.4 Å². The second-order valence-corrected chi connectivity index (χ2v) is 8.00. The first-order chi connectivity index (χ1) is 14.0. The van der Waals surface area contributed by atoms with Gasteiger partial charge in [-0.25, -0.2) is 18.1 Å². The summed E-state index contributed by atoms with van der Waals surface area (Å²) in [5.74, 6) is -0.853. The SMILES string of the molecule is O=C[N+]1(c2cc3cc(OCCCN4CCC(F)(F)CC4)ccc3[nH]2)CCOCC1. The van der Waals surface area contributed by atoms with Gasteiger partial charge in [-0.05, 0) is 24.6 Å². The Kier molecular flexibility index (Phi) is 5.85. The van der Waals surface area contributed by atoms with Crippen molar-refractivity contribution in [1.29, 1.82) is 0 Å². The van der Waals surface area contributed by atoms with Gasteiger partial charge in [0.2, 0.25) is 5.82 Å². The van der Waals surface area contributed by atoms with Crippen LogP contribution in [0.15, 0.2) is 24.3 Å². The highest BCUT2D eigenvalue weighted by Crippen LogP contribution is 2.30. The van der Waals surface area contributed by atoms with Gasteiger partial charge in [-0.2, -0.15) is 0 Å². The molecule has 29 heavy (non-hydrogen) atoms. The summed E-state index contributed by atoms with van der Waals surface area (Å²) in [6, 6.07) is 7.85. The number of halogens is 2. The maximum atomic E-state index is 13.2. The summed E-state index contributed by atoms with van der Waals surface area (Å²) in [6.07, 6.45) is 1.69. The molecule has 1 aromatic heterocycles. The van der Waals surface area contributed by atoms with Crippen LogP contribution in [-0.4, -0.2) is 74.8 Å². The third-order valence-corrected chi connectivity index (χ3v) is 6.00. The molecule has 158 valence electrons. The maximum absolute atomic E-state index is 13.2. The molecule has 2 aliphatic rings. The summed E-state index contributed by atoms with van der Waals surface area (Å²) in [4.78, 5) is 17.2. The van der Waals surface area contributed by atoms with Gasteiger partial charge in [-0.1, -0.05) is 0 Å². The third-order valence-electron chi connectivity index (χ3n) is 6.00. The molecule has 1 amide bonds. The normalized spacial score (nSPS) is 21.9. The molecule has 0 radical (unpaired) electrons. The van der Waals surface area contributed by atoms with Crippen molar-refractivity contribution < 1.29 is 23.0 Å². The number of carbonyl (C=O) groups is 1. The number of likely N-dealkylation sites (tertiary alicyclic amines) is 1. The number of hydrogen-bond acceptors (Lipinski definition) is 4. The van der Waals surface area contributed by atoms with Crippen LogP contribution in [0, 0.1) is 0 Å². The van der Waals surface area contributed by atoms with Gasteiger partial charge in [0.15, 0.2) is 0 Å². The predicted octanol–water partition coefficient (Wildman–Crippen LogP) is 3.16. The average Bonchev–Trinajstić information content (AvgIpc) is 3.17. The van der Waals surface area contributed by atoms with Crippen LogP contribution in [-0.2, 0) is 9.53 Å². The Morgan fingerprint density at radius 2 is 1.97 bits per heavy atom. The number of amides is 1. The number of H-pyrrole nitrogens is 1. The first-order valence-corrected chi connectivity index (χ1v) is 10.3. The van der Waals surface area contributed by atoms with Gasteiger partial charge in [-0.15, -0.1) is 0 Å². The fourth-order valence-electron chi connectivity index (χ4n) is 4.08. The van der Waals surface area contributed by atoms with Crippen LogP contribution in [0.25, 0.3) is 10.9 Å². The molecule has 6 nitrogen and oxygen atoms in total. The van der Waals surface area contributed by atoms with Crippen molar-refractivity contribution in [3.8, 4) is 5.75 Å². The number of fused-ring (bicyclic) bond motifs is 1. The maximum Gasteiger partial charge on any atom is 0.307 e. The summed E-state index contributed by atoms with van der Waals surface area (Å²) in [5.41, 5.74) is 0.965. The Bertz CT molecular complexity index is 839. The zero-order chi connectivity index (χ0) is 20.3. The second kappa shape index (κ2) is 8.38. The number of aromatic nitrogens is 1. The van der Waals surface area contributed by atoms with Gasteiger partial charge in [0.05, 0.1) is 25.3 Å². The number of piperidine rings is 1. The van der Waals surface area contributed by atoms with Crippen LogP contribution in [0.5, 0.6) is 5.75 Å². The highest BCUT2D eigenvalue weighted by molar-refractivity contribution is 5.87. The van der Waals surface area contributed by atoms with Crippen LogP contribution >= 0.6 is 0 Å². The van der Waals surface area contributed by atoms with Crippen molar-refractivity contribution >= 4 is 23.1 Å². The first-order valence-electron chi connectivity index (χ1n) is 10.3. The summed E-state index contributed by atoms with van der Waals surface area (Å²) >= 11 is 0. The van der Waals surface area contributed by atoms with Crippen molar-refractivity contribution in [3.63, 3.8) is 0 Å². The van der Waals surface area contributed by atoms with Crippen molar-refractivity contribution in [2.45, 2.75) is 25.2 Å². The topological polar surface area (TPSA) is 54.6 Å². The number of benzene rings is 1. The van der Waals surface area contributed by atoms with Crippen LogP contribution in [0.3, 0.4) is 0 Å². The Morgan fingerprint density at radius 3 is 2.69 bits per heavy atom. The molecule has 8 heteroatoms. The third kappa shape index (κ3) is 4.60. The molecule has 0 atom stereocenters. The standard InChI is InChI=1S/C21H28F2N3O3/c22-21(23)4-7-25(8-5-21)6-1-11-29-18-2-3-19-17(14-18)15-20(24-19)26(16-27)9-12-28-13-10-26/h2-3,14-16,24H,1,4-13H2/q+1. The summed E-state index contributed by atoms with van der Waals surface area (Å²) in [6.45, 7) is 4.60. The molecule has 2 aliphatic heterocycles. The highest BCUT2D eigenvalue weighted by Gasteiger charge is 2.35. The minimum atomic E-state index is -2.50. The van der Waals surface area contributed by atoms with E-state index in [4.69, 9.17) is 9.47 Å². The molecule has 1 N–H and O–H groups in total. The fourth-order valence-corrected chi connectivity index (χ4v) is 4.08. The number of carbonyl (C=O) groups excluding carboxylic acids is 1. The zero-order valence-corrected chi connectivity index (χ0v) is 16.5. The van der Waals surface area contributed by atoms with E-state index in [2.05, 4.69) is 9.88 Å². The predicted molar refractivity (Wildman–Crippen MR) is 107 cm³/mol. The lowest BCUT2D eigenvalue weighted by molar-refractivity contribution is -0.121. The lowest BCUT2D eigenvalue weighted by atomic mass is 10.1. The first kappa shape index (κ1) is 20.3. The largest absolute Gasteiger partial charge is 0.494 e. The molecular formula is C21H28F2N3O3+. The van der Waals surface area contributed by atoms with E-state index in [0.717, 1.165) is 41.8 Å². The van der Waals surface area contributed by atoms with Gasteiger partial charge >= 0.3 is 6.41 Å². The number of nitrogens with one attached hydrogen (secondary N) is 1. The molecule has 2 fully saturated rings. The summed E-state index contributed by atoms with van der Waals surface area (Å²) in [5, 5.41) is 1.00. The monoisotopic (exact) mass is 408 g/mol. The second-order valence-electron chi connectivity index (χ2n) is 8.00. The fraction of sp³-hybridized carbons (Fsp3) is 0.571. The Labute approximate surface area is 169 Å². The number of alkyl halides is 2. The van der Waals surface area contributed by atoms with Crippen molar-refractivity contribution in [1.82, 2.24) is 14.4 Å². The van der Waals surface area contributed by atoms with E-state index in [-0.39, 0.29) is 17.3 Å². The molecule has 0 bridgehead atoms. The van der Waals surface area contributed by atoms with Gasteiger partial charge in [0, 0.05) is 43.9 Å². The lowest BCUT2D eigenvalue weighted by Gasteiger charge is -2.33. The molecule has 0 aliphatic carbocycles.